The fourth-order valence-corrected chi connectivity index (χ4v) is 3.17. The van der Waals surface area contributed by atoms with Crippen molar-refractivity contribution in [3.8, 4) is 0 Å². The lowest BCUT2D eigenvalue weighted by atomic mass is 10.2. The van der Waals surface area contributed by atoms with Gasteiger partial charge in [0.05, 0.1) is 31.0 Å². The predicted octanol–water partition coefficient (Wildman–Crippen LogP) is 1.87. The molecule has 2 aromatic rings. The molecule has 7 heteroatoms. The highest BCUT2D eigenvalue weighted by Gasteiger charge is 2.13. The van der Waals surface area contributed by atoms with Crippen LogP contribution >= 0.6 is 11.3 Å². The lowest BCUT2D eigenvalue weighted by Crippen LogP contribution is -2.36. The van der Waals surface area contributed by atoms with Crippen LogP contribution in [0.5, 0.6) is 0 Å². The minimum Gasteiger partial charge on any atom is -0.378 e. The van der Waals surface area contributed by atoms with E-state index < -0.39 is 0 Å². The first-order valence-corrected chi connectivity index (χ1v) is 8.64. The van der Waals surface area contributed by atoms with Crippen molar-refractivity contribution in [3.63, 3.8) is 0 Å². The van der Waals surface area contributed by atoms with Crippen LogP contribution in [-0.4, -0.2) is 42.2 Å². The van der Waals surface area contributed by atoms with Crippen LogP contribution in [0.25, 0.3) is 0 Å². The average Bonchev–Trinajstić information content (AvgIpc) is 3.09. The third kappa shape index (κ3) is 4.05. The quantitative estimate of drug-likeness (QED) is 0.905. The van der Waals surface area contributed by atoms with Crippen LogP contribution in [0.15, 0.2) is 23.7 Å². The van der Waals surface area contributed by atoms with Crippen molar-refractivity contribution < 1.29 is 9.53 Å². The number of aryl methyl sites for hydroxylation is 1. The first kappa shape index (κ1) is 15.9. The summed E-state index contributed by atoms with van der Waals surface area (Å²) in [5.41, 5.74) is 1.63. The summed E-state index contributed by atoms with van der Waals surface area (Å²) in [5, 5.41) is 5.84. The monoisotopic (exact) mass is 332 g/mol. The van der Waals surface area contributed by atoms with Gasteiger partial charge in [-0.2, -0.15) is 0 Å². The molecule has 122 valence electrons. The van der Waals surface area contributed by atoms with E-state index in [9.17, 15) is 4.79 Å². The largest absolute Gasteiger partial charge is 0.378 e. The Morgan fingerprint density at radius 1 is 1.39 bits per heavy atom. The van der Waals surface area contributed by atoms with Gasteiger partial charge in [-0.1, -0.05) is 6.92 Å². The van der Waals surface area contributed by atoms with Crippen LogP contribution in [0.1, 0.15) is 28.0 Å². The highest BCUT2D eigenvalue weighted by molar-refractivity contribution is 7.09. The van der Waals surface area contributed by atoms with Crippen LogP contribution in [0.3, 0.4) is 0 Å². The van der Waals surface area contributed by atoms with E-state index in [0.717, 1.165) is 49.2 Å². The van der Waals surface area contributed by atoms with Crippen molar-refractivity contribution in [1.29, 1.82) is 0 Å². The van der Waals surface area contributed by atoms with Gasteiger partial charge in [-0.15, -0.1) is 11.3 Å². The summed E-state index contributed by atoms with van der Waals surface area (Å²) in [6.45, 7) is 5.63. The van der Waals surface area contributed by atoms with Gasteiger partial charge in [0, 0.05) is 24.7 Å². The van der Waals surface area contributed by atoms with Crippen molar-refractivity contribution >= 4 is 23.1 Å². The molecule has 0 bridgehead atoms. The lowest BCUT2D eigenvalue weighted by Gasteiger charge is -2.27. The molecule has 2 aromatic heterocycles. The Bertz CT molecular complexity index is 650. The highest BCUT2D eigenvalue weighted by Crippen LogP contribution is 2.14. The van der Waals surface area contributed by atoms with E-state index in [4.69, 9.17) is 4.74 Å². The number of ether oxygens (including phenoxy) is 1. The van der Waals surface area contributed by atoms with Crippen molar-refractivity contribution in [2.75, 3.05) is 31.2 Å². The molecule has 6 nitrogen and oxygen atoms in total. The molecule has 1 fully saturated rings. The number of amides is 1. The first-order chi connectivity index (χ1) is 11.3. The molecule has 1 saturated heterocycles. The van der Waals surface area contributed by atoms with Crippen molar-refractivity contribution in [3.05, 3.63) is 40.0 Å². The van der Waals surface area contributed by atoms with Crippen LogP contribution in [0.4, 0.5) is 5.82 Å². The second-order valence-corrected chi connectivity index (χ2v) is 6.22. The summed E-state index contributed by atoms with van der Waals surface area (Å²) < 4.78 is 5.33. The molecule has 0 radical (unpaired) electrons. The number of morpholine rings is 1. The smallest absolute Gasteiger partial charge is 0.253 e. The summed E-state index contributed by atoms with van der Waals surface area (Å²) in [7, 11) is 0. The van der Waals surface area contributed by atoms with E-state index in [1.807, 2.05) is 17.5 Å². The molecule has 23 heavy (non-hydrogen) atoms. The third-order valence-corrected chi connectivity index (χ3v) is 4.60. The maximum atomic E-state index is 12.2. The maximum Gasteiger partial charge on any atom is 0.253 e. The number of thiazole rings is 1. The Labute approximate surface area is 139 Å². The third-order valence-electron chi connectivity index (χ3n) is 3.71. The van der Waals surface area contributed by atoms with Crippen molar-refractivity contribution in [2.45, 2.75) is 19.9 Å². The Hall–Kier alpha value is -1.99. The number of hydrogen-bond donors (Lipinski definition) is 1. The number of carbonyl (C=O) groups excluding carboxylic acids is 1. The van der Waals surface area contributed by atoms with Gasteiger partial charge in [0.25, 0.3) is 5.91 Å². The lowest BCUT2D eigenvalue weighted by molar-refractivity contribution is 0.0950. The van der Waals surface area contributed by atoms with Gasteiger partial charge in [0.1, 0.15) is 10.8 Å². The minimum absolute atomic E-state index is 0.126. The number of carbonyl (C=O) groups is 1. The molecule has 1 aliphatic heterocycles. The van der Waals surface area contributed by atoms with E-state index in [0.29, 0.717) is 12.1 Å². The van der Waals surface area contributed by atoms with Gasteiger partial charge in [0.15, 0.2) is 0 Å². The molecule has 0 unspecified atom stereocenters. The predicted molar refractivity (Wildman–Crippen MR) is 89.9 cm³/mol. The number of aromatic nitrogens is 2. The number of anilines is 1. The van der Waals surface area contributed by atoms with E-state index in [2.05, 4.69) is 27.1 Å². The zero-order chi connectivity index (χ0) is 16.1. The highest BCUT2D eigenvalue weighted by atomic mass is 32.1. The van der Waals surface area contributed by atoms with Crippen LogP contribution in [-0.2, 0) is 17.7 Å². The van der Waals surface area contributed by atoms with Crippen LogP contribution < -0.4 is 10.2 Å². The number of nitrogens with one attached hydrogen (secondary N) is 1. The molecular weight excluding hydrogens is 312 g/mol. The number of hydrogen-bond acceptors (Lipinski definition) is 6. The molecular formula is C16H20N4O2S. The van der Waals surface area contributed by atoms with Gasteiger partial charge >= 0.3 is 0 Å². The van der Waals surface area contributed by atoms with Gasteiger partial charge in [-0.05, 0) is 18.6 Å². The summed E-state index contributed by atoms with van der Waals surface area (Å²) in [4.78, 5) is 23.2. The Balaban J connectivity index is 1.56. The SMILES string of the molecule is CCc1csc(CNC(=O)c2ccc(N3CCOCC3)nc2)n1. The maximum absolute atomic E-state index is 12.2. The number of nitrogens with zero attached hydrogens (tertiary/aromatic N) is 3. The van der Waals surface area contributed by atoms with Crippen LogP contribution in [0, 0.1) is 0 Å². The molecule has 3 heterocycles. The molecule has 1 aliphatic rings. The zero-order valence-electron chi connectivity index (χ0n) is 13.1. The molecule has 0 aliphatic carbocycles. The van der Waals surface area contributed by atoms with Gasteiger partial charge < -0.3 is 15.0 Å². The topological polar surface area (TPSA) is 67.4 Å². The molecule has 3 rings (SSSR count). The second-order valence-electron chi connectivity index (χ2n) is 5.27. The molecule has 0 saturated carbocycles. The van der Waals surface area contributed by atoms with Gasteiger partial charge in [0.2, 0.25) is 0 Å². The molecule has 0 atom stereocenters. The summed E-state index contributed by atoms with van der Waals surface area (Å²) in [6, 6.07) is 3.70. The summed E-state index contributed by atoms with van der Waals surface area (Å²) in [5.74, 6) is 0.761. The van der Waals surface area contributed by atoms with Crippen molar-refractivity contribution in [1.82, 2.24) is 15.3 Å². The Morgan fingerprint density at radius 2 is 2.22 bits per heavy atom. The molecule has 0 aromatic carbocycles. The van der Waals surface area contributed by atoms with E-state index in [1.165, 1.54) is 0 Å². The Morgan fingerprint density at radius 3 is 2.87 bits per heavy atom. The minimum atomic E-state index is -0.126. The number of pyridine rings is 1. The fourth-order valence-electron chi connectivity index (χ4n) is 2.35. The van der Waals surface area contributed by atoms with Gasteiger partial charge in [-0.3, -0.25) is 4.79 Å². The summed E-state index contributed by atoms with van der Waals surface area (Å²) >= 11 is 1.57. The van der Waals surface area contributed by atoms with Crippen LogP contribution in [0.2, 0.25) is 0 Å². The molecule has 1 amide bonds. The van der Waals surface area contributed by atoms with E-state index in [1.54, 1.807) is 17.5 Å². The Kier molecular flexibility index (Phi) is 5.19. The van der Waals surface area contributed by atoms with E-state index >= 15 is 0 Å². The molecule has 0 spiro atoms. The van der Waals surface area contributed by atoms with Gasteiger partial charge in [-0.25, -0.2) is 9.97 Å². The second kappa shape index (κ2) is 7.52. The number of rotatable bonds is 5. The normalized spacial score (nSPS) is 14.7. The average molecular weight is 332 g/mol. The molecule has 1 N–H and O–H groups in total. The van der Waals surface area contributed by atoms with E-state index in [-0.39, 0.29) is 5.91 Å². The zero-order valence-corrected chi connectivity index (χ0v) is 13.9. The fraction of sp³-hybridized carbons (Fsp3) is 0.438. The standard InChI is InChI=1S/C16H20N4O2S/c1-2-13-11-23-15(19-13)10-18-16(21)12-3-4-14(17-9-12)20-5-7-22-8-6-20/h3-4,9,11H,2,5-8,10H2,1H3,(H,18,21). The summed E-state index contributed by atoms with van der Waals surface area (Å²) in [6.07, 6.45) is 2.54. The van der Waals surface area contributed by atoms with Crippen molar-refractivity contribution in [2.24, 2.45) is 0 Å². The first-order valence-electron chi connectivity index (χ1n) is 7.76.